The minimum atomic E-state index is 0.583. The van der Waals surface area contributed by atoms with Crippen LogP contribution in [0.2, 0.25) is 5.02 Å². The van der Waals surface area contributed by atoms with E-state index in [-0.39, 0.29) is 0 Å². The molecule has 0 amide bonds. The summed E-state index contributed by atoms with van der Waals surface area (Å²) in [6.45, 7) is 4.00. The second-order valence-corrected chi connectivity index (χ2v) is 6.68. The van der Waals surface area contributed by atoms with Crippen molar-refractivity contribution in [3.63, 3.8) is 0 Å². The molecule has 0 bridgehead atoms. The average Bonchev–Trinajstić information content (AvgIpc) is 3.01. The summed E-state index contributed by atoms with van der Waals surface area (Å²) in [4.78, 5) is 11.9. The maximum absolute atomic E-state index is 6.04. The molecule has 2 aromatic heterocycles. The van der Waals surface area contributed by atoms with Gasteiger partial charge < -0.3 is 4.74 Å². The molecule has 3 rings (SSSR count). The molecule has 1 fully saturated rings. The van der Waals surface area contributed by atoms with Gasteiger partial charge in [0.05, 0.1) is 12.1 Å². The standard InChI is InChI=1S/C15H18ClN3OS/c16-14-8-17-4-1-15(14)20-10-12-2-5-19(6-3-12)9-13-7-18-11-21-13/h1,4,7-8,11-12H,2-3,5-6,9-10H2. The van der Waals surface area contributed by atoms with Crippen LogP contribution in [0.15, 0.2) is 30.2 Å². The monoisotopic (exact) mass is 323 g/mol. The molecule has 0 atom stereocenters. The van der Waals surface area contributed by atoms with E-state index in [0.717, 1.165) is 32.0 Å². The van der Waals surface area contributed by atoms with Crippen molar-refractivity contribution >= 4 is 22.9 Å². The van der Waals surface area contributed by atoms with E-state index in [1.165, 1.54) is 17.7 Å². The van der Waals surface area contributed by atoms with Gasteiger partial charge in [0.1, 0.15) is 10.8 Å². The maximum Gasteiger partial charge on any atom is 0.141 e. The number of rotatable bonds is 5. The third-order valence-electron chi connectivity index (χ3n) is 3.78. The summed E-state index contributed by atoms with van der Waals surface area (Å²) in [7, 11) is 0. The van der Waals surface area contributed by atoms with Crippen LogP contribution in [0.3, 0.4) is 0 Å². The largest absolute Gasteiger partial charge is 0.492 e. The molecule has 0 aromatic carbocycles. The van der Waals surface area contributed by atoms with Crippen molar-refractivity contribution < 1.29 is 4.74 Å². The lowest BCUT2D eigenvalue weighted by atomic mass is 9.98. The number of ether oxygens (including phenoxy) is 1. The molecular weight excluding hydrogens is 306 g/mol. The molecule has 1 aliphatic heterocycles. The normalized spacial score (nSPS) is 17.0. The molecule has 112 valence electrons. The first kappa shape index (κ1) is 14.8. The molecule has 3 heterocycles. The number of pyridine rings is 1. The number of likely N-dealkylation sites (tertiary alicyclic amines) is 1. The summed E-state index contributed by atoms with van der Waals surface area (Å²) < 4.78 is 5.82. The fourth-order valence-corrected chi connectivity index (χ4v) is 3.35. The smallest absolute Gasteiger partial charge is 0.141 e. The fourth-order valence-electron chi connectivity index (χ4n) is 2.54. The maximum atomic E-state index is 6.04. The predicted molar refractivity (Wildman–Crippen MR) is 84.9 cm³/mol. The minimum absolute atomic E-state index is 0.583. The molecular formula is C15H18ClN3OS. The van der Waals surface area contributed by atoms with E-state index in [2.05, 4.69) is 14.9 Å². The predicted octanol–water partition coefficient (Wildman–Crippen LogP) is 3.48. The van der Waals surface area contributed by atoms with Gasteiger partial charge in [0.15, 0.2) is 0 Å². The van der Waals surface area contributed by atoms with Crippen LogP contribution in [0.1, 0.15) is 17.7 Å². The van der Waals surface area contributed by atoms with Crippen LogP contribution in [-0.2, 0) is 6.54 Å². The Balaban J connectivity index is 1.43. The fraction of sp³-hybridized carbons (Fsp3) is 0.467. The van der Waals surface area contributed by atoms with Gasteiger partial charge in [-0.15, -0.1) is 11.3 Å². The van der Waals surface area contributed by atoms with Crippen molar-refractivity contribution in [2.24, 2.45) is 5.92 Å². The lowest BCUT2D eigenvalue weighted by Crippen LogP contribution is -2.34. The van der Waals surface area contributed by atoms with Crippen LogP contribution in [0.5, 0.6) is 5.75 Å². The van der Waals surface area contributed by atoms with Crippen molar-refractivity contribution in [2.75, 3.05) is 19.7 Å². The van der Waals surface area contributed by atoms with Crippen LogP contribution in [0.4, 0.5) is 0 Å². The quantitative estimate of drug-likeness (QED) is 0.844. The van der Waals surface area contributed by atoms with E-state index in [9.17, 15) is 0 Å². The molecule has 0 saturated carbocycles. The minimum Gasteiger partial charge on any atom is -0.492 e. The summed E-state index contributed by atoms with van der Waals surface area (Å²) in [6, 6.07) is 1.82. The van der Waals surface area contributed by atoms with Gasteiger partial charge in [0.25, 0.3) is 0 Å². The van der Waals surface area contributed by atoms with E-state index < -0.39 is 0 Å². The Hall–Kier alpha value is -1.17. The third-order valence-corrected chi connectivity index (χ3v) is 4.83. The summed E-state index contributed by atoms with van der Waals surface area (Å²) in [5, 5.41) is 0.583. The van der Waals surface area contributed by atoms with Gasteiger partial charge in [-0.05, 0) is 31.8 Å². The molecule has 0 N–H and O–H groups in total. The second kappa shape index (κ2) is 7.20. The molecule has 0 aliphatic carbocycles. The Morgan fingerprint density at radius 3 is 2.86 bits per heavy atom. The number of aromatic nitrogens is 2. The molecule has 2 aromatic rings. The molecule has 6 heteroatoms. The Bertz CT molecular complexity index is 556. The van der Waals surface area contributed by atoms with Gasteiger partial charge in [-0.2, -0.15) is 0 Å². The summed E-state index contributed by atoms with van der Waals surface area (Å²) in [6.07, 6.45) is 7.63. The van der Waals surface area contributed by atoms with Crippen LogP contribution in [-0.4, -0.2) is 34.6 Å². The first-order valence-electron chi connectivity index (χ1n) is 7.13. The highest BCUT2D eigenvalue weighted by Gasteiger charge is 2.20. The topological polar surface area (TPSA) is 38.2 Å². The molecule has 0 radical (unpaired) electrons. The van der Waals surface area contributed by atoms with Crippen LogP contribution in [0, 0.1) is 5.92 Å². The first-order chi connectivity index (χ1) is 10.3. The highest BCUT2D eigenvalue weighted by molar-refractivity contribution is 7.09. The lowest BCUT2D eigenvalue weighted by molar-refractivity contribution is 0.137. The second-order valence-electron chi connectivity index (χ2n) is 5.30. The molecule has 21 heavy (non-hydrogen) atoms. The SMILES string of the molecule is Clc1cnccc1OCC1CCN(Cc2cncs2)CC1. The number of hydrogen-bond acceptors (Lipinski definition) is 5. The highest BCUT2D eigenvalue weighted by atomic mass is 35.5. The third kappa shape index (κ3) is 4.15. The zero-order valence-corrected chi connectivity index (χ0v) is 13.3. The van der Waals surface area contributed by atoms with E-state index in [4.69, 9.17) is 16.3 Å². The Labute approximate surface area is 133 Å². The van der Waals surface area contributed by atoms with E-state index >= 15 is 0 Å². The van der Waals surface area contributed by atoms with Crippen LogP contribution in [0.25, 0.3) is 0 Å². The lowest BCUT2D eigenvalue weighted by Gasteiger charge is -2.31. The summed E-state index contributed by atoms with van der Waals surface area (Å²) >= 11 is 7.77. The number of hydrogen-bond donors (Lipinski definition) is 0. The number of halogens is 1. The van der Waals surface area contributed by atoms with E-state index in [1.807, 2.05) is 17.8 Å². The summed E-state index contributed by atoms with van der Waals surface area (Å²) in [5.41, 5.74) is 1.90. The van der Waals surface area contributed by atoms with Crippen LogP contribution >= 0.6 is 22.9 Å². The molecule has 0 unspecified atom stereocenters. The van der Waals surface area contributed by atoms with Gasteiger partial charge in [-0.3, -0.25) is 14.9 Å². The zero-order chi connectivity index (χ0) is 14.5. The first-order valence-corrected chi connectivity index (χ1v) is 8.39. The number of thiazole rings is 1. The van der Waals surface area contributed by atoms with Gasteiger partial charge in [-0.25, -0.2) is 0 Å². The zero-order valence-electron chi connectivity index (χ0n) is 11.7. The van der Waals surface area contributed by atoms with Gasteiger partial charge in [0.2, 0.25) is 0 Å². The highest BCUT2D eigenvalue weighted by Crippen LogP contribution is 2.25. The summed E-state index contributed by atoms with van der Waals surface area (Å²) in [5.74, 6) is 1.34. The van der Waals surface area contributed by atoms with Crippen molar-refractivity contribution in [3.8, 4) is 5.75 Å². The average molecular weight is 324 g/mol. The van der Waals surface area contributed by atoms with E-state index in [1.54, 1.807) is 23.7 Å². The van der Waals surface area contributed by atoms with E-state index in [0.29, 0.717) is 10.9 Å². The van der Waals surface area contributed by atoms with Gasteiger partial charge >= 0.3 is 0 Å². The molecule has 4 nitrogen and oxygen atoms in total. The van der Waals surface area contributed by atoms with Gasteiger partial charge in [0, 0.05) is 36.1 Å². The van der Waals surface area contributed by atoms with Crippen molar-refractivity contribution in [1.82, 2.24) is 14.9 Å². The van der Waals surface area contributed by atoms with Gasteiger partial charge in [-0.1, -0.05) is 11.6 Å². The molecule has 1 saturated heterocycles. The van der Waals surface area contributed by atoms with Crippen molar-refractivity contribution in [2.45, 2.75) is 19.4 Å². The van der Waals surface area contributed by atoms with Crippen molar-refractivity contribution in [1.29, 1.82) is 0 Å². The van der Waals surface area contributed by atoms with Crippen molar-refractivity contribution in [3.05, 3.63) is 40.1 Å². The Kier molecular flexibility index (Phi) is 5.06. The van der Waals surface area contributed by atoms with Crippen LogP contribution < -0.4 is 4.74 Å². The Morgan fingerprint density at radius 1 is 1.29 bits per heavy atom. The number of nitrogens with zero attached hydrogens (tertiary/aromatic N) is 3. The molecule has 0 spiro atoms. The Morgan fingerprint density at radius 2 is 2.14 bits per heavy atom. The number of piperidine rings is 1. The molecule has 1 aliphatic rings.